The lowest BCUT2D eigenvalue weighted by molar-refractivity contribution is -0.138. The van der Waals surface area contributed by atoms with Crippen LogP contribution in [0.4, 0.5) is 0 Å². The van der Waals surface area contributed by atoms with Crippen LogP contribution >= 0.6 is 0 Å². The van der Waals surface area contributed by atoms with Crippen molar-refractivity contribution in [2.24, 2.45) is 23.0 Å². The van der Waals surface area contributed by atoms with Gasteiger partial charge in [0.25, 0.3) is 5.97 Å². The maximum atomic E-state index is 12.8. The first-order valence-electron chi connectivity index (χ1n) is 10.8. The molecule has 0 rings (SSSR count). The first-order valence-corrected chi connectivity index (χ1v) is 10.8. The first kappa shape index (κ1) is 32.4. The Kier molecular flexibility index (Phi) is 15.7. The molecule has 33 heavy (non-hydrogen) atoms. The summed E-state index contributed by atoms with van der Waals surface area (Å²) in [6, 6.07) is -1.73. The third-order valence-electron chi connectivity index (χ3n) is 4.29. The minimum absolute atomic E-state index is 0.130. The van der Waals surface area contributed by atoms with Gasteiger partial charge in [0.05, 0.1) is 0 Å². The minimum atomic E-state index is -0.924. The normalized spacial score (nSPS) is 13.5. The second kappa shape index (κ2) is 16.0. The van der Waals surface area contributed by atoms with E-state index in [4.69, 9.17) is 20.8 Å². The molecule has 12 heteroatoms. The molecule has 3 atom stereocenters. The van der Waals surface area contributed by atoms with E-state index in [0.717, 1.165) is 6.92 Å². The highest BCUT2D eigenvalue weighted by atomic mass is 16.5. The first-order chi connectivity index (χ1) is 15.1. The molecule has 4 amide bonds. The third-order valence-corrected chi connectivity index (χ3v) is 4.29. The van der Waals surface area contributed by atoms with E-state index in [9.17, 15) is 19.2 Å². The van der Waals surface area contributed by atoms with Gasteiger partial charge in [0.2, 0.25) is 23.6 Å². The fraction of sp³-hybridized carbons (Fsp3) is 0.762. The summed E-state index contributed by atoms with van der Waals surface area (Å²) in [6.07, 6.45) is 0.215. The quantitative estimate of drug-likeness (QED) is 0.156. The Labute approximate surface area is 195 Å². The van der Waals surface area contributed by atoms with Crippen LogP contribution in [0.15, 0.2) is 0 Å². The predicted molar refractivity (Wildman–Crippen MR) is 122 cm³/mol. The summed E-state index contributed by atoms with van der Waals surface area (Å²) < 4.78 is 0. The van der Waals surface area contributed by atoms with E-state index in [1.54, 1.807) is 27.7 Å². The van der Waals surface area contributed by atoms with E-state index >= 15 is 0 Å². The Morgan fingerprint density at radius 2 is 1.45 bits per heavy atom. The van der Waals surface area contributed by atoms with Gasteiger partial charge >= 0.3 is 0 Å². The standard InChI is InChI=1S/C19H37N5O5.C2H4O2/c1-11(2)9-13(10-14(25)24-29)17(27)23-15(19(4,5)6)18(28)22-12(3)16(26)21-8-7-20;1-2(3)4/h11-13,15,29H,7-10,20H2,1-6H3,(H,21,26)(H,22,28)(H,23,27)(H,24,25);1H3,(H,3,4). The Morgan fingerprint density at radius 3 is 1.85 bits per heavy atom. The molecule has 192 valence electrons. The Morgan fingerprint density at radius 1 is 0.939 bits per heavy atom. The second-order valence-electron chi connectivity index (χ2n) is 9.20. The number of rotatable bonds is 11. The summed E-state index contributed by atoms with van der Waals surface area (Å²) in [5, 5.41) is 24.1. The lowest BCUT2D eigenvalue weighted by Gasteiger charge is -2.32. The number of hydroxylamine groups is 1. The van der Waals surface area contributed by atoms with Gasteiger partial charge in [-0.1, -0.05) is 34.6 Å². The molecule has 0 saturated heterocycles. The lowest BCUT2D eigenvalue weighted by Crippen LogP contribution is -2.58. The van der Waals surface area contributed by atoms with Gasteiger partial charge in [-0.15, -0.1) is 0 Å². The van der Waals surface area contributed by atoms with Crippen molar-refractivity contribution in [2.75, 3.05) is 13.1 Å². The van der Waals surface area contributed by atoms with Crippen LogP contribution in [0.25, 0.3) is 0 Å². The third kappa shape index (κ3) is 15.7. The molecule has 0 aromatic carbocycles. The molecule has 0 aliphatic heterocycles. The van der Waals surface area contributed by atoms with Crippen molar-refractivity contribution in [3.8, 4) is 0 Å². The van der Waals surface area contributed by atoms with Crippen molar-refractivity contribution in [1.29, 1.82) is 0 Å². The maximum absolute atomic E-state index is 12.8. The van der Waals surface area contributed by atoms with Crippen LogP contribution in [0.2, 0.25) is 0 Å². The lowest BCUT2D eigenvalue weighted by atomic mass is 9.84. The molecule has 0 radical (unpaired) electrons. The molecule has 8 N–H and O–H groups in total. The average Bonchev–Trinajstić information content (AvgIpc) is 2.67. The Hall–Kier alpha value is -2.73. The SMILES string of the molecule is CC(=O)O.CC(C)CC(CC(=O)NO)C(=O)NC(C(=O)NC(C)C(=O)NCCN)C(C)(C)C. The second-order valence-corrected chi connectivity index (χ2v) is 9.20. The van der Waals surface area contributed by atoms with Crippen LogP contribution in [0, 0.1) is 17.3 Å². The zero-order valence-corrected chi connectivity index (χ0v) is 20.7. The Bertz CT molecular complexity index is 658. The monoisotopic (exact) mass is 475 g/mol. The molecule has 0 heterocycles. The Balaban J connectivity index is 0. The van der Waals surface area contributed by atoms with E-state index in [2.05, 4.69) is 16.0 Å². The number of carbonyl (C=O) groups is 5. The van der Waals surface area contributed by atoms with Gasteiger partial charge in [0.1, 0.15) is 12.1 Å². The van der Waals surface area contributed by atoms with Crippen LogP contribution in [-0.2, 0) is 24.0 Å². The summed E-state index contributed by atoms with van der Waals surface area (Å²) in [7, 11) is 0. The number of aliphatic carboxylic acids is 1. The summed E-state index contributed by atoms with van der Waals surface area (Å²) in [5.41, 5.74) is 6.24. The van der Waals surface area contributed by atoms with Crippen molar-refractivity contribution in [3.05, 3.63) is 0 Å². The van der Waals surface area contributed by atoms with Crippen LogP contribution in [0.3, 0.4) is 0 Å². The number of hydrogen-bond acceptors (Lipinski definition) is 7. The van der Waals surface area contributed by atoms with Gasteiger partial charge in [-0.05, 0) is 24.7 Å². The van der Waals surface area contributed by atoms with Crippen molar-refractivity contribution in [1.82, 2.24) is 21.4 Å². The van der Waals surface area contributed by atoms with E-state index in [0.29, 0.717) is 13.0 Å². The molecular weight excluding hydrogens is 434 g/mol. The zero-order valence-electron chi connectivity index (χ0n) is 20.7. The molecule has 0 aliphatic rings. The molecule has 0 aromatic heterocycles. The van der Waals surface area contributed by atoms with Crippen molar-refractivity contribution in [3.63, 3.8) is 0 Å². The van der Waals surface area contributed by atoms with Crippen LogP contribution in [0.5, 0.6) is 0 Å². The van der Waals surface area contributed by atoms with Gasteiger partial charge in [0.15, 0.2) is 0 Å². The van der Waals surface area contributed by atoms with E-state index in [1.165, 1.54) is 5.48 Å². The number of amides is 4. The smallest absolute Gasteiger partial charge is 0.300 e. The van der Waals surface area contributed by atoms with Gasteiger partial charge in [0, 0.05) is 32.4 Å². The number of hydrogen-bond donors (Lipinski definition) is 7. The molecule has 3 unspecified atom stereocenters. The fourth-order valence-corrected chi connectivity index (χ4v) is 2.77. The summed E-state index contributed by atoms with van der Waals surface area (Å²) in [5.74, 6) is -3.42. The van der Waals surface area contributed by atoms with E-state index in [-0.39, 0.29) is 24.8 Å². The van der Waals surface area contributed by atoms with Gasteiger partial charge in [-0.2, -0.15) is 0 Å². The highest BCUT2D eigenvalue weighted by molar-refractivity contribution is 5.93. The van der Waals surface area contributed by atoms with E-state index < -0.39 is 47.1 Å². The van der Waals surface area contributed by atoms with Crippen LogP contribution in [0.1, 0.15) is 61.3 Å². The van der Waals surface area contributed by atoms with Crippen LogP contribution < -0.4 is 27.2 Å². The van der Waals surface area contributed by atoms with E-state index in [1.807, 2.05) is 13.8 Å². The number of carboxylic acid groups (broad SMARTS) is 1. The fourth-order valence-electron chi connectivity index (χ4n) is 2.77. The summed E-state index contributed by atoms with van der Waals surface area (Å²) >= 11 is 0. The zero-order chi connectivity index (χ0) is 26.4. The van der Waals surface area contributed by atoms with Crippen molar-refractivity contribution in [2.45, 2.75) is 73.4 Å². The molecule has 0 aliphatic carbocycles. The molecule has 0 saturated carbocycles. The minimum Gasteiger partial charge on any atom is -0.481 e. The van der Waals surface area contributed by atoms with Crippen molar-refractivity contribution < 1.29 is 34.3 Å². The summed E-state index contributed by atoms with van der Waals surface area (Å²) in [6.45, 7) is 12.4. The topological polar surface area (TPSA) is 200 Å². The number of nitrogens with two attached hydrogens (primary N) is 1. The summed E-state index contributed by atoms with van der Waals surface area (Å²) in [4.78, 5) is 58.1. The van der Waals surface area contributed by atoms with Gasteiger partial charge in [-0.25, -0.2) is 5.48 Å². The molecular formula is C21H41N5O7. The van der Waals surface area contributed by atoms with Gasteiger partial charge < -0.3 is 26.8 Å². The molecule has 0 fully saturated rings. The predicted octanol–water partition coefficient (Wildman–Crippen LogP) is -0.254. The van der Waals surface area contributed by atoms with Gasteiger partial charge in [-0.3, -0.25) is 29.2 Å². The number of carboxylic acids is 1. The van der Waals surface area contributed by atoms with Crippen molar-refractivity contribution >= 4 is 29.6 Å². The largest absolute Gasteiger partial charge is 0.481 e. The highest BCUT2D eigenvalue weighted by Crippen LogP contribution is 2.22. The maximum Gasteiger partial charge on any atom is 0.300 e. The van der Waals surface area contributed by atoms with Crippen LogP contribution in [-0.4, -0.2) is 65.1 Å². The molecule has 0 bridgehead atoms. The highest BCUT2D eigenvalue weighted by Gasteiger charge is 2.36. The molecule has 0 spiro atoms. The number of carbonyl (C=O) groups excluding carboxylic acids is 4. The molecule has 12 nitrogen and oxygen atoms in total. The number of nitrogens with one attached hydrogen (secondary N) is 4. The average molecular weight is 476 g/mol. The molecule has 0 aromatic rings.